The molecule has 6 nitrogen and oxygen atoms in total. The number of fused-ring (bicyclic) bond motifs is 1. The van der Waals surface area contributed by atoms with Crippen LogP contribution in [0.5, 0.6) is 5.75 Å². The van der Waals surface area contributed by atoms with Crippen molar-refractivity contribution in [1.82, 2.24) is 4.72 Å². The summed E-state index contributed by atoms with van der Waals surface area (Å²) in [5.41, 5.74) is 5.15. The summed E-state index contributed by atoms with van der Waals surface area (Å²) in [6.45, 7) is 3.25. The predicted octanol–water partition coefficient (Wildman–Crippen LogP) is 2.37. The second kappa shape index (κ2) is 6.85. The summed E-state index contributed by atoms with van der Waals surface area (Å²) in [4.78, 5) is 14.2. The molecule has 3 aliphatic rings. The third kappa shape index (κ3) is 3.32. The fraction of sp³-hybridized carbons (Fsp3) is 0.409. The smallest absolute Gasteiger partial charge is 0.240 e. The lowest BCUT2D eigenvalue weighted by atomic mass is 10.00. The highest BCUT2D eigenvalue weighted by Crippen LogP contribution is 2.38. The van der Waals surface area contributed by atoms with Crippen LogP contribution in [0.3, 0.4) is 0 Å². The molecule has 3 heterocycles. The molecule has 0 saturated heterocycles. The number of rotatable bonds is 5. The Labute approximate surface area is 170 Å². The Morgan fingerprint density at radius 2 is 1.86 bits per heavy atom. The van der Waals surface area contributed by atoms with E-state index in [2.05, 4.69) is 10.8 Å². The van der Waals surface area contributed by atoms with Crippen LogP contribution in [0.4, 0.5) is 5.69 Å². The molecular formula is C22H24N2O4S. The summed E-state index contributed by atoms with van der Waals surface area (Å²) < 4.78 is 34.4. The minimum absolute atomic E-state index is 0.137. The molecule has 1 atom stereocenters. The first-order valence-corrected chi connectivity index (χ1v) is 11.6. The highest BCUT2D eigenvalue weighted by Gasteiger charge is 2.33. The van der Waals surface area contributed by atoms with Crippen molar-refractivity contribution in [2.24, 2.45) is 0 Å². The van der Waals surface area contributed by atoms with Gasteiger partial charge in [0.25, 0.3) is 0 Å². The lowest BCUT2D eigenvalue weighted by molar-refractivity contribution is -0.118. The number of carbonyl (C=O) groups is 1. The summed E-state index contributed by atoms with van der Waals surface area (Å²) in [6, 6.07) is 9.32. The maximum absolute atomic E-state index is 13.0. The maximum atomic E-state index is 13.0. The molecule has 0 aromatic heterocycles. The molecule has 7 heteroatoms. The number of hydrogen-bond acceptors (Lipinski definition) is 4. The van der Waals surface area contributed by atoms with Crippen LogP contribution in [-0.2, 0) is 40.5 Å². The van der Waals surface area contributed by atoms with Crippen LogP contribution in [0, 0.1) is 0 Å². The highest BCUT2D eigenvalue weighted by atomic mass is 32.2. The van der Waals surface area contributed by atoms with Crippen LogP contribution in [0.1, 0.15) is 35.6 Å². The monoisotopic (exact) mass is 412 g/mol. The fourth-order valence-corrected chi connectivity index (χ4v) is 6.02. The van der Waals surface area contributed by atoms with E-state index >= 15 is 0 Å². The Balaban J connectivity index is 1.36. The van der Waals surface area contributed by atoms with Crippen molar-refractivity contribution < 1.29 is 17.9 Å². The van der Waals surface area contributed by atoms with Gasteiger partial charge in [0, 0.05) is 25.4 Å². The number of amides is 1. The topological polar surface area (TPSA) is 75.7 Å². The molecule has 1 N–H and O–H groups in total. The van der Waals surface area contributed by atoms with Gasteiger partial charge in [-0.15, -0.1) is 0 Å². The van der Waals surface area contributed by atoms with Gasteiger partial charge in [-0.2, -0.15) is 0 Å². The van der Waals surface area contributed by atoms with Crippen molar-refractivity contribution in [1.29, 1.82) is 0 Å². The highest BCUT2D eigenvalue weighted by molar-refractivity contribution is 7.89. The lowest BCUT2D eigenvalue weighted by Crippen LogP contribution is -2.35. The maximum Gasteiger partial charge on any atom is 0.240 e. The van der Waals surface area contributed by atoms with E-state index < -0.39 is 10.0 Å². The van der Waals surface area contributed by atoms with E-state index in [9.17, 15) is 13.2 Å². The Kier molecular flexibility index (Phi) is 4.40. The van der Waals surface area contributed by atoms with Crippen LogP contribution in [0.15, 0.2) is 35.2 Å². The number of benzene rings is 2. The van der Waals surface area contributed by atoms with Crippen LogP contribution in [0.25, 0.3) is 0 Å². The molecule has 0 saturated carbocycles. The number of ether oxygens (including phenoxy) is 1. The van der Waals surface area contributed by atoms with Gasteiger partial charge in [0.2, 0.25) is 15.9 Å². The molecule has 5 rings (SSSR count). The van der Waals surface area contributed by atoms with Crippen LogP contribution in [-0.4, -0.2) is 33.5 Å². The van der Waals surface area contributed by atoms with E-state index in [1.54, 1.807) is 17.0 Å². The standard InChI is InChI=1S/C22H24N2O4S/c1-14(10-15-2-4-20-16(11-15)7-9-28-20)23-29(26,27)19-12-17-3-5-21(25)24-8-6-18(13-19)22(17)24/h2,4,11-14,23H,3,5-10H2,1H3. The number of sulfonamides is 1. The number of hydrogen-bond donors (Lipinski definition) is 1. The first-order chi connectivity index (χ1) is 13.9. The molecule has 1 amide bonds. The van der Waals surface area contributed by atoms with E-state index in [4.69, 9.17) is 4.74 Å². The van der Waals surface area contributed by atoms with Crippen molar-refractivity contribution in [3.8, 4) is 5.75 Å². The number of anilines is 1. The van der Waals surface area contributed by atoms with Crippen molar-refractivity contribution in [3.05, 3.63) is 52.6 Å². The normalized spacial score (nSPS) is 18.4. The molecule has 152 valence electrons. The van der Waals surface area contributed by atoms with E-state index in [0.29, 0.717) is 43.7 Å². The number of carbonyl (C=O) groups excluding carboxylic acids is 1. The van der Waals surface area contributed by atoms with Gasteiger partial charge in [0.1, 0.15) is 5.75 Å². The van der Waals surface area contributed by atoms with E-state index in [1.807, 2.05) is 19.1 Å². The minimum Gasteiger partial charge on any atom is -0.493 e. The van der Waals surface area contributed by atoms with Gasteiger partial charge in [-0.25, -0.2) is 13.1 Å². The van der Waals surface area contributed by atoms with Crippen molar-refractivity contribution >= 4 is 21.6 Å². The first kappa shape index (κ1) is 18.6. The third-order valence-electron chi connectivity index (χ3n) is 5.99. The molecular weight excluding hydrogens is 388 g/mol. The Morgan fingerprint density at radius 1 is 1.07 bits per heavy atom. The molecule has 0 radical (unpaired) electrons. The molecule has 0 spiro atoms. The average molecular weight is 413 g/mol. The molecule has 0 bridgehead atoms. The third-order valence-corrected chi connectivity index (χ3v) is 7.56. The summed E-state index contributed by atoms with van der Waals surface area (Å²) in [7, 11) is -3.63. The van der Waals surface area contributed by atoms with Gasteiger partial charge in [0.05, 0.1) is 17.2 Å². The van der Waals surface area contributed by atoms with E-state index in [0.717, 1.165) is 34.5 Å². The van der Waals surface area contributed by atoms with Gasteiger partial charge < -0.3 is 9.64 Å². The zero-order valence-electron chi connectivity index (χ0n) is 16.4. The number of nitrogens with one attached hydrogen (secondary N) is 1. The summed E-state index contributed by atoms with van der Waals surface area (Å²) in [6.07, 6.45) is 3.28. The summed E-state index contributed by atoms with van der Waals surface area (Å²) in [5.74, 6) is 1.07. The quantitative estimate of drug-likeness (QED) is 0.818. The largest absolute Gasteiger partial charge is 0.493 e. The predicted molar refractivity (Wildman–Crippen MR) is 110 cm³/mol. The number of aryl methyl sites for hydroxylation is 1. The summed E-state index contributed by atoms with van der Waals surface area (Å²) in [5, 5.41) is 0. The van der Waals surface area contributed by atoms with Gasteiger partial charge in [-0.1, -0.05) is 12.1 Å². The SMILES string of the molecule is CC(Cc1ccc2c(c1)CCO2)NS(=O)(=O)c1cc2c3c(c1)CCN3C(=O)CC2. The fourth-order valence-electron chi connectivity index (χ4n) is 4.68. The van der Waals surface area contributed by atoms with Crippen molar-refractivity contribution in [2.45, 2.75) is 50.0 Å². The van der Waals surface area contributed by atoms with Gasteiger partial charge in [0.15, 0.2) is 0 Å². The molecule has 29 heavy (non-hydrogen) atoms. The zero-order valence-corrected chi connectivity index (χ0v) is 17.2. The van der Waals surface area contributed by atoms with E-state index in [1.165, 1.54) is 5.56 Å². The second-order valence-corrected chi connectivity index (χ2v) is 9.87. The Morgan fingerprint density at radius 3 is 2.69 bits per heavy atom. The first-order valence-electron chi connectivity index (χ1n) is 10.1. The Bertz CT molecular complexity index is 1110. The van der Waals surface area contributed by atoms with E-state index in [-0.39, 0.29) is 11.9 Å². The van der Waals surface area contributed by atoms with Gasteiger partial charge in [-0.3, -0.25) is 4.79 Å². The molecule has 3 aliphatic heterocycles. The second-order valence-electron chi connectivity index (χ2n) is 8.15. The number of nitrogens with zero attached hydrogens (tertiary/aromatic N) is 1. The molecule has 0 aliphatic carbocycles. The molecule has 1 unspecified atom stereocenters. The summed E-state index contributed by atoms with van der Waals surface area (Å²) >= 11 is 0. The average Bonchev–Trinajstić information content (AvgIpc) is 3.31. The molecule has 2 aromatic rings. The minimum atomic E-state index is -3.63. The van der Waals surface area contributed by atoms with Crippen LogP contribution >= 0.6 is 0 Å². The lowest BCUT2D eigenvalue weighted by Gasteiger charge is -2.26. The van der Waals surface area contributed by atoms with Gasteiger partial charge in [-0.05, 0) is 66.6 Å². The molecule has 0 fully saturated rings. The Hall–Kier alpha value is -2.38. The van der Waals surface area contributed by atoms with Crippen molar-refractivity contribution in [3.63, 3.8) is 0 Å². The van der Waals surface area contributed by atoms with Gasteiger partial charge >= 0.3 is 0 Å². The molecule has 2 aromatic carbocycles. The van der Waals surface area contributed by atoms with Crippen LogP contribution < -0.4 is 14.4 Å². The zero-order chi connectivity index (χ0) is 20.2. The van der Waals surface area contributed by atoms with Crippen molar-refractivity contribution in [2.75, 3.05) is 18.1 Å². The van der Waals surface area contributed by atoms with Crippen LogP contribution in [0.2, 0.25) is 0 Å².